The summed E-state index contributed by atoms with van der Waals surface area (Å²) in [7, 11) is 0. The first-order chi connectivity index (χ1) is 9.15. The van der Waals surface area contributed by atoms with E-state index in [1.54, 1.807) is 19.3 Å². The van der Waals surface area contributed by atoms with E-state index >= 15 is 0 Å². The molecular weight excluding hydrogens is 246 g/mol. The van der Waals surface area contributed by atoms with Crippen LogP contribution in [0.25, 0.3) is 0 Å². The highest BCUT2D eigenvalue weighted by molar-refractivity contribution is 5.81. The predicted molar refractivity (Wildman–Crippen MR) is 68.1 cm³/mol. The fraction of sp³-hybridized carbons (Fsp3) is 0.385. The minimum Gasteiger partial charge on any atom is -0.467 e. The van der Waals surface area contributed by atoms with Crippen LogP contribution >= 0.6 is 0 Å². The largest absolute Gasteiger partial charge is 0.467 e. The minimum atomic E-state index is -0.313. The molecule has 0 radical (unpaired) electrons. The lowest BCUT2D eigenvalue weighted by Gasteiger charge is -2.12. The van der Waals surface area contributed by atoms with Crippen molar-refractivity contribution in [3.63, 3.8) is 0 Å². The van der Waals surface area contributed by atoms with Gasteiger partial charge in [-0.2, -0.15) is 0 Å². The second-order valence-electron chi connectivity index (χ2n) is 4.33. The molecule has 2 aromatic heterocycles. The summed E-state index contributed by atoms with van der Waals surface area (Å²) >= 11 is 0. The summed E-state index contributed by atoms with van der Waals surface area (Å²) in [5.41, 5.74) is 0.781. The fourth-order valence-corrected chi connectivity index (χ4v) is 1.59. The molecule has 6 nitrogen and oxygen atoms in total. The van der Waals surface area contributed by atoms with Crippen molar-refractivity contribution in [2.45, 2.75) is 33.0 Å². The van der Waals surface area contributed by atoms with Crippen molar-refractivity contribution in [2.24, 2.45) is 0 Å². The Kier molecular flexibility index (Phi) is 4.35. The van der Waals surface area contributed by atoms with Gasteiger partial charge in [-0.3, -0.25) is 4.79 Å². The summed E-state index contributed by atoms with van der Waals surface area (Å²) in [6, 6.07) is 5.12. The van der Waals surface area contributed by atoms with Gasteiger partial charge < -0.3 is 19.6 Å². The maximum atomic E-state index is 11.8. The molecule has 0 aromatic carbocycles. The van der Waals surface area contributed by atoms with Crippen LogP contribution in [0, 0.1) is 6.92 Å². The van der Waals surface area contributed by atoms with Gasteiger partial charge in [0.1, 0.15) is 11.5 Å². The molecule has 1 atom stereocenters. The van der Waals surface area contributed by atoms with Crippen LogP contribution in [0.15, 0.2) is 33.4 Å². The van der Waals surface area contributed by atoms with Gasteiger partial charge in [0.2, 0.25) is 5.91 Å². The molecule has 6 heteroatoms. The standard InChI is InChI=1S/C13H17N3O3/c1-9-6-11(16-19-9)7-14-10(2)13(17)15-8-12-4-3-5-18-12/h3-6,10,14H,7-8H2,1-2H3,(H,15,17). The zero-order valence-corrected chi connectivity index (χ0v) is 11.0. The number of hydrogen-bond donors (Lipinski definition) is 2. The first-order valence-corrected chi connectivity index (χ1v) is 6.11. The van der Waals surface area contributed by atoms with E-state index in [9.17, 15) is 4.79 Å². The Bertz CT molecular complexity index is 519. The number of amides is 1. The molecule has 2 N–H and O–H groups in total. The number of hydrogen-bond acceptors (Lipinski definition) is 5. The number of aromatic nitrogens is 1. The van der Waals surface area contributed by atoms with Crippen LogP contribution in [0.5, 0.6) is 0 Å². The normalized spacial score (nSPS) is 12.3. The number of rotatable bonds is 6. The highest BCUT2D eigenvalue weighted by atomic mass is 16.5. The zero-order valence-electron chi connectivity index (χ0n) is 11.0. The van der Waals surface area contributed by atoms with Gasteiger partial charge in [0.25, 0.3) is 0 Å². The van der Waals surface area contributed by atoms with Crippen LogP contribution < -0.4 is 10.6 Å². The SMILES string of the molecule is Cc1cc(CNC(C)C(=O)NCc2ccco2)no1. The van der Waals surface area contributed by atoms with Gasteiger partial charge in [-0.05, 0) is 26.0 Å². The van der Waals surface area contributed by atoms with E-state index in [0.717, 1.165) is 17.2 Å². The molecule has 0 aliphatic heterocycles. The van der Waals surface area contributed by atoms with Gasteiger partial charge in [-0.15, -0.1) is 0 Å². The van der Waals surface area contributed by atoms with Crippen molar-refractivity contribution in [3.05, 3.63) is 41.7 Å². The lowest BCUT2D eigenvalue weighted by molar-refractivity contribution is -0.123. The van der Waals surface area contributed by atoms with Crippen LogP contribution in [0.3, 0.4) is 0 Å². The third-order valence-corrected chi connectivity index (χ3v) is 2.68. The molecule has 0 saturated heterocycles. The topological polar surface area (TPSA) is 80.3 Å². The van der Waals surface area contributed by atoms with Crippen LogP contribution in [0.4, 0.5) is 0 Å². The Balaban J connectivity index is 1.73. The Morgan fingerprint density at radius 2 is 2.32 bits per heavy atom. The first kappa shape index (κ1) is 13.4. The summed E-state index contributed by atoms with van der Waals surface area (Å²) in [5, 5.41) is 9.71. The molecule has 102 valence electrons. The van der Waals surface area contributed by atoms with E-state index in [-0.39, 0.29) is 11.9 Å². The highest BCUT2D eigenvalue weighted by Gasteiger charge is 2.13. The Morgan fingerprint density at radius 3 is 2.95 bits per heavy atom. The number of nitrogens with one attached hydrogen (secondary N) is 2. The minimum absolute atomic E-state index is 0.0865. The van der Waals surface area contributed by atoms with Crippen molar-refractivity contribution in [1.82, 2.24) is 15.8 Å². The van der Waals surface area contributed by atoms with Crippen LogP contribution in [-0.4, -0.2) is 17.1 Å². The van der Waals surface area contributed by atoms with Crippen molar-refractivity contribution in [1.29, 1.82) is 0 Å². The van der Waals surface area contributed by atoms with Crippen LogP contribution in [0.1, 0.15) is 24.1 Å². The maximum Gasteiger partial charge on any atom is 0.237 e. The quantitative estimate of drug-likeness (QED) is 0.822. The first-order valence-electron chi connectivity index (χ1n) is 6.11. The smallest absolute Gasteiger partial charge is 0.237 e. The molecule has 2 rings (SSSR count). The van der Waals surface area contributed by atoms with Crippen molar-refractivity contribution in [2.75, 3.05) is 0 Å². The van der Waals surface area contributed by atoms with E-state index in [2.05, 4.69) is 15.8 Å². The van der Waals surface area contributed by atoms with Gasteiger partial charge in [0.05, 0.1) is 24.5 Å². The molecule has 0 aliphatic rings. The average molecular weight is 263 g/mol. The third-order valence-electron chi connectivity index (χ3n) is 2.68. The van der Waals surface area contributed by atoms with E-state index in [1.165, 1.54) is 0 Å². The highest BCUT2D eigenvalue weighted by Crippen LogP contribution is 2.02. The number of nitrogens with zero attached hydrogens (tertiary/aromatic N) is 1. The number of carbonyl (C=O) groups excluding carboxylic acids is 1. The molecule has 0 aliphatic carbocycles. The van der Waals surface area contributed by atoms with Crippen LogP contribution in [-0.2, 0) is 17.9 Å². The molecule has 1 amide bonds. The van der Waals surface area contributed by atoms with E-state index in [0.29, 0.717) is 13.1 Å². The number of aryl methyl sites for hydroxylation is 1. The molecule has 1 unspecified atom stereocenters. The zero-order chi connectivity index (χ0) is 13.7. The Hall–Kier alpha value is -2.08. The third kappa shape index (κ3) is 3.96. The van der Waals surface area contributed by atoms with Gasteiger partial charge in [0.15, 0.2) is 0 Å². The maximum absolute atomic E-state index is 11.8. The summed E-state index contributed by atoms with van der Waals surface area (Å²) in [6.07, 6.45) is 1.58. The van der Waals surface area contributed by atoms with Gasteiger partial charge in [0, 0.05) is 12.6 Å². The summed E-state index contributed by atoms with van der Waals surface area (Å²) in [4.78, 5) is 11.8. The average Bonchev–Trinajstić information content (AvgIpc) is 3.04. The lowest BCUT2D eigenvalue weighted by atomic mass is 10.3. The van der Waals surface area contributed by atoms with Crippen molar-refractivity contribution in [3.8, 4) is 0 Å². The second kappa shape index (κ2) is 6.19. The Labute approximate surface area is 111 Å². The monoisotopic (exact) mass is 263 g/mol. The molecule has 0 bridgehead atoms. The summed E-state index contributed by atoms with van der Waals surface area (Å²) in [6.45, 7) is 4.51. The number of furan rings is 1. The molecular formula is C13H17N3O3. The van der Waals surface area contributed by atoms with Crippen LogP contribution in [0.2, 0.25) is 0 Å². The Morgan fingerprint density at radius 1 is 1.47 bits per heavy atom. The van der Waals surface area contributed by atoms with E-state index in [4.69, 9.17) is 8.94 Å². The van der Waals surface area contributed by atoms with E-state index < -0.39 is 0 Å². The summed E-state index contributed by atoms with van der Waals surface area (Å²) in [5.74, 6) is 1.40. The molecule has 0 fully saturated rings. The molecule has 2 aromatic rings. The fourth-order valence-electron chi connectivity index (χ4n) is 1.59. The van der Waals surface area contributed by atoms with Crippen molar-refractivity contribution >= 4 is 5.91 Å². The predicted octanol–water partition coefficient (Wildman–Crippen LogP) is 1.37. The number of carbonyl (C=O) groups is 1. The lowest BCUT2D eigenvalue weighted by Crippen LogP contribution is -2.41. The van der Waals surface area contributed by atoms with E-state index in [1.807, 2.05) is 19.1 Å². The molecule has 0 spiro atoms. The van der Waals surface area contributed by atoms with Gasteiger partial charge in [-0.25, -0.2) is 0 Å². The van der Waals surface area contributed by atoms with Crippen molar-refractivity contribution < 1.29 is 13.7 Å². The summed E-state index contributed by atoms with van der Waals surface area (Å²) < 4.78 is 10.1. The van der Waals surface area contributed by atoms with Gasteiger partial charge in [-0.1, -0.05) is 5.16 Å². The molecule has 19 heavy (non-hydrogen) atoms. The molecule has 0 saturated carbocycles. The van der Waals surface area contributed by atoms with Gasteiger partial charge >= 0.3 is 0 Å². The molecule has 2 heterocycles. The second-order valence-corrected chi connectivity index (χ2v) is 4.33.